The van der Waals surface area contributed by atoms with Gasteiger partial charge < -0.3 is 9.80 Å². The number of pyridine rings is 1. The van der Waals surface area contributed by atoms with E-state index in [-0.39, 0.29) is 36.0 Å². The van der Waals surface area contributed by atoms with Gasteiger partial charge in [-0.25, -0.2) is 4.39 Å². The van der Waals surface area contributed by atoms with E-state index < -0.39 is 0 Å². The number of carbonyl (C=O) groups is 2. The molecule has 0 unspecified atom stereocenters. The minimum atomic E-state index is -0.362. The first-order valence-electron chi connectivity index (χ1n) is 8.65. The van der Waals surface area contributed by atoms with Crippen LogP contribution in [0, 0.1) is 11.7 Å². The first-order valence-corrected chi connectivity index (χ1v) is 8.65. The molecule has 3 rings (SSSR count). The van der Waals surface area contributed by atoms with Gasteiger partial charge in [0.15, 0.2) is 0 Å². The van der Waals surface area contributed by atoms with Gasteiger partial charge in [0, 0.05) is 26.2 Å². The van der Waals surface area contributed by atoms with Gasteiger partial charge in [-0.05, 0) is 36.8 Å². The maximum absolute atomic E-state index is 13.1. The molecule has 0 saturated carbocycles. The van der Waals surface area contributed by atoms with Crippen molar-refractivity contribution >= 4 is 11.8 Å². The molecule has 1 aliphatic heterocycles. The molecule has 1 aliphatic rings. The maximum Gasteiger partial charge on any atom is 0.228 e. The molecule has 1 aromatic carbocycles. The van der Waals surface area contributed by atoms with E-state index in [2.05, 4.69) is 4.98 Å². The zero-order valence-electron chi connectivity index (χ0n) is 14.9. The quantitative estimate of drug-likeness (QED) is 0.829. The van der Waals surface area contributed by atoms with Crippen LogP contribution in [0.15, 0.2) is 48.7 Å². The lowest BCUT2D eigenvalue weighted by molar-refractivity contribution is -0.136. The molecule has 5 nitrogen and oxygen atoms in total. The molecular weight excluding hydrogens is 333 g/mol. The van der Waals surface area contributed by atoms with Gasteiger partial charge in [-0.2, -0.15) is 0 Å². The molecule has 0 aliphatic carbocycles. The molecule has 6 heteroatoms. The van der Waals surface area contributed by atoms with Crippen LogP contribution >= 0.6 is 0 Å². The van der Waals surface area contributed by atoms with Crippen molar-refractivity contribution in [3.05, 3.63) is 65.7 Å². The molecule has 2 amide bonds. The third-order valence-corrected chi connectivity index (χ3v) is 4.92. The van der Waals surface area contributed by atoms with Crippen molar-refractivity contribution in [2.45, 2.75) is 25.9 Å². The van der Waals surface area contributed by atoms with E-state index in [0.717, 1.165) is 11.3 Å². The molecule has 2 atom stereocenters. The summed E-state index contributed by atoms with van der Waals surface area (Å²) in [6.45, 7) is 2.71. The van der Waals surface area contributed by atoms with Crippen LogP contribution in [-0.4, -0.2) is 40.2 Å². The number of nitrogens with zero attached hydrogens (tertiary/aromatic N) is 3. The zero-order valence-corrected chi connectivity index (χ0v) is 14.9. The summed E-state index contributed by atoms with van der Waals surface area (Å²) < 4.78 is 13.1. The Balaban J connectivity index is 1.64. The molecule has 1 saturated heterocycles. The topological polar surface area (TPSA) is 53.5 Å². The number of halogens is 1. The fraction of sp³-hybridized carbons (Fsp3) is 0.350. The Hall–Kier alpha value is -2.76. The molecule has 136 valence electrons. The third kappa shape index (κ3) is 3.90. The number of likely N-dealkylation sites (tertiary alicyclic amines) is 1. The number of aromatic nitrogens is 1. The zero-order chi connectivity index (χ0) is 18.7. The maximum atomic E-state index is 13.1. The third-order valence-electron chi connectivity index (χ3n) is 4.92. The largest absolute Gasteiger partial charge is 0.339 e. The summed E-state index contributed by atoms with van der Waals surface area (Å²) in [5, 5.41) is 0. The van der Waals surface area contributed by atoms with Crippen molar-refractivity contribution in [2.75, 3.05) is 13.6 Å². The van der Waals surface area contributed by atoms with E-state index in [4.69, 9.17) is 0 Å². The van der Waals surface area contributed by atoms with Crippen LogP contribution in [0.4, 0.5) is 4.39 Å². The predicted molar refractivity (Wildman–Crippen MR) is 95.3 cm³/mol. The summed E-state index contributed by atoms with van der Waals surface area (Å²) in [5.41, 5.74) is 1.67. The Labute approximate surface area is 152 Å². The van der Waals surface area contributed by atoms with Gasteiger partial charge in [-0.3, -0.25) is 14.6 Å². The van der Waals surface area contributed by atoms with Gasteiger partial charge in [0.25, 0.3) is 0 Å². The van der Waals surface area contributed by atoms with E-state index in [1.54, 1.807) is 35.2 Å². The number of rotatable bonds is 5. The molecule has 26 heavy (non-hydrogen) atoms. The van der Waals surface area contributed by atoms with Crippen molar-refractivity contribution in [3.8, 4) is 0 Å². The molecule has 0 spiro atoms. The molecule has 0 N–H and O–H groups in total. The highest BCUT2D eigenvalue weighted by Gasteiger charge is 2.36. The Morgan fingerprint density at radius 1 is 1.31 bits per heavy atom. The number of hydrogen-bond acceptors (Lipinski definition) is 3. The van der Waals surface area contributed by atoms with Crippen LogP contribution in [0.1, 0.15) is 30.6 Å². The summed E-state index contributed by atoms with van der Waals surface area (Å²) >= 11 is 0. The summed E-state index contributed by atoms with van der Waals surface area (Å²) in [6.07, 6.45) is 1.91. The highest BCUT2D eigenvalue weighted by molar-refractivity contribution is 5.89. The second kappa shape index (κ2) is 7.64. The fourth-order valence-electron chi connectivity index (χ4n) is 3.22. The number of hydrogen-bond donors (Lipinski definition) is 0. The Morgan fingerprint density at radius 3 is 2.69 bits per heavy atom. The number of carbonyl (C=O) groups excluding carboxylic acids is 2. The minimum Gasteiger partial charge on any atom is -0.339 e. The Bertz CT molecular complexity index is 779. The minimum absolute atomic E-state index is 0.0307. The van der Waals surface area contributed by atoms with E-state index >= 15 is 0 Å². The van der Waals surface area contributed by atoms with Gasteiger partial charge in [0.1, 0.15) is 5.82 Å². The van der Waals surface area contributed by atoms with Crippen LogP contribution in [0.5, 0.6) is 0 Å². The normalized spacial score (nSPS) is 18.0. The smallest absolute Gasteiger partial charge is 0.228 e. The highest BCUT2D eigenvalue weighted by Crippen LogP contribution is 2.26. The summed E-state index contributed by atoms with van der Waals surface area (Å²) in [6, 6.07) is 11.5. The Morgan fingerprint density at radius 2 is 2.04 bits per heavy atom. The first-order chi connectivity index (χ1) is 12.5. The summed E-state index contributed by atoms with van der Waals surface area (Å²) in [4.78, 5) is 32.7. The molecule has 1 fully saturated rings. The predicted octanol–water partition coefficient (Wildman–Crippen LogP) is 2.79. The van der Waals surface area contributed by atoms with Crippen LogP contribution in [0.3, 0.4) is 0 Å². The van der Waals surface area contributed by atoms with E-state index in [0.29, 0.717) is 13.1 Å². The highest BCUT2D eigenvalue weighted by atomic mass is 19.1. The van der Waals surface area contributed by atoms with Crippen molar-refractivity contribution < 1.29 is 14.0 Å². The molecule has 0 radical (unpaired) electrons. The monoisotopic (exact) mass is 355 g/mol. The van der Waals surface area contributed by atoms with Crippen LogP contribution in [0.2, 0.25) is 0 Å². The Kier molecular flexibility index (Phi) is 5.30. The van der Waals surface area contributed by atoms with Crippen LogP contribution in [0.25, 0.3) is 0 Å². The SMILES string of the molecule is C[C@@H](c1ccc(F)cc1)N(C)C(=O)[C@@H]1CC(=O)N(Cc2ccccn2)C1. The lowest BCUT2D eigenvalue weighted by Crippen LogP contribution is -2.36. The lowest BCUT2D eigenvalue weighted by atomic mass is 10.0. The standard InChI is InChI=1S/C20H22FN3O2/c1-14(15-6-8-17(21)9-7-15)23(2)20(26)16-11-19(25)24(12-16)13-18-5-3-4-10-22-18/h3-10,14,16H,11-13H2,1-2H3/t14-,16+/m0/s1. The van der Waals surface area contributed by atoms with Gasteiger partial charge in [0.2, 0.25) is 11.8 Å². The van der Waals surface area contributed by atoms with Crippen LogP contribution < -0.4 is 0 Å². The van der Waals surface area contributed by atoms with Gasteiger partial charge in [-0.15, -0.1) is 0 Å². The molecular formula is C20H22FN3O2. The van der Waals surface area contributed by atoms with Crippen molar-refractivity contribution in [1.82, 2.24) is 14.8 Å². The van der Waals surface area contributed by atoms with E-state index in [9.17, 15) is 14.0 Å². The average molecular weight is 355 g/mol. The van der Waals surface area contributed by atoms with Crippen molar-refractivity contribution in [3.63, 3.8) is 0 Å². The second-order valence-electron chi connectivity index (χ2n) is 6.67. The molecule has 2 aromatic rings. The van der Waals surface area contributed by atoms with Gasteiger partial charge in [0.05, 0.1) is 24.2 Å². The fourth-order valence-corrected chi connectivity index (χ4v) is 3.22. The van der Waals surface area contributed by atoms with Crippen LogP contribution in [-0.2, 0) is 16.1 Å². The lowest BCUT2D eigenvalue weighted by Gasteiger charge is -2.28. The van der Waals surface area contributed by atoms with Gasteiger partial charge in [-0.1, -0.05) is 18.2 Å². The molecule has 1 aromatic heterocycles. The molecule has 0 bridgehead atoms. The molecule has 2 heterocycles. The second-order valence-corrected chi connectivity index (χ2v) is 6.67. The van der Waals surface area contributed by atoms with Crippen molar-refractivity contribution in [2.24, 2.45) is 5.92 Å². The van der Waals surface area contributed by atoms with Gasteiger partial charge >= 0.3 is 0 Å². The van der Waals surface area contributed by atoms with Crippen molar-refractivity contribution in [1.29, 1.82) is 0 Å². The van der Waals surface area contributed by atoms with E-state index in [1.165, 1.54) is 12.1 Å². The van der Waals surface area contributed by atoms with E-state index in [1.807, 2.05) is 25.1 Å². The number of amides is 2. The summed E-state index contributed by atoms with van der Waals surface area (Å²) in [7, 11) is 1.72. The number of benzene rings is 1. The first kappa shape index (κ1) is 18.0. The average Bonchev–Trinajstić information content (AvgIpc) is 3.02. The summed E-state index contributed by atoms with van der Waals surface area (Å²) in [5.74, 6) is -0.767.